The molecule has 0 N–H and O–H groups in total. The smallest absolute Gasteiger partial charge is 0.121 e. The normalized spacial score (nSPS) is 11.6. The third kappa shape index (κ3) is 3.63. The van der Waals surface area contributed by atoms with Crippen LogP contribution in [0, 0.1) is 17.4 Å². The van der Waals surface area contributed by atoms with Crippen molar-refractivity contribution in [3.63, 3.8) is 0 Å². The summed E-state index contributed by atoms with van der Waals surface area (Å²) in [6.45, 7) is 1.96. The molecule has 0 aliphatic heterocycles. The molecule has 0 rings (SSSR count). The van der Waals surface area contributed by atoms with Gasteiger partial charge in [-0.2, -0.15) is 0 Å². The number of carbonyl (C=O) groups is 1. The second-order valence-electron chi connectivity index (χ2n) is 1.70. The molecule has 0 aromatic heterocycles. The summed E-state index contributed by atoms with van der Waals surface area (Å²) in [4.78, 5) is 9.83. The molecule has 0 spiro atoms. The van der Waals surface area contributed by atoms with Gasteiger partial charge in [0.15, 0.2) is 0 Å². The van der Waals surface area contributed by atoms with Crippen LogP contribution in [0.2, 0.25) is 0 Å². The monoisotopic (exact) mass is 126 g/mol. The molecule has 0 aliphatic rings. The second-order valence-corrected chi connectivity index (χ2v) is 2.20. The predicted molar refractivity (Wildman–Crippen MR) is 37.6 cm³/mol. The molecule has 2 heteroatoms. The Hall–Kier alpha value is -0.553. The van der Waals surface area contributed by atoms with Crippen LogP contribution in [0.15, 0.2) is 0 Å². The van der Waals surface area contributed by atoms with Crippen molar-refractivity contribution in [3.8, 4) is 11.5 Å². The molecule has 1 unspecified atom stereocenters. The molecule has 0 fully saturated rings. The van der Waals surface area contributed by atoms with Gasteiger partial charge in [-0.05, 0) is 0 Å². The zero-order chi connectivity index (χ0) is 6.41. The minimum Gasteiger partial charge on any atom is -0.303 e. The first-order chi connectivity index (χ1) is 3.81. The van der Waals surface area contributed by atoms with Gasteiger partial charge in [-0.3, -0.25) is 0 Å². The fourth-order valence-electron chi connectivity index (χ4n) is 0.450. The van der Waals surface area contributed by atoms with Crippen molar-refractivity contribution in [2.75, 3.05) is 0 Å². The molecular weight excluding hydrogens is 116 g/mol. The highest BCUT2D eigenvalue weighted by atomic mass is 28.1. The van der Waals surface area contributed by atoms with E-state index in [4.69, 9.17) is 0 Å². The lowest BCUT2D eigenvalue weighted by Gasteiger charge is -1.91. The summed E-state index contributed by atoms with van der Waals surface area (Å²) < 4.78 is 0. The van der Waals surface area contributed by atoms with Crippen LogP contribution in [0.25, 0.3) is 0 Å². The summed E-state index contributed by atoms with van der Waals surface area (Å²) in [5.41, 5.74) is 2.88. The van der Waals surface area contributed by atoms with E-state index in [1.165, 1.54) is 0 Å². The first-order valence-electron chi connectivity index (χ1n) is 2.67. The van der Waals surface area contributed by atoms with Crippen LogP contribution in [-0.4, -0.2) is 16.5 Å². The summed E-state index contributed by atoms with van der Waals surface area (Å²) in [6, 6.07) is 0. The lowest BCUT2D eigenvalue weighted by Crippen LogP contribution is -1.89. The minimum absolute atomic E-state index is 0.269. The van der Waals surface area contributed by atoms with Crippen LogP contribution in [0.4, 0.5) is 0 Å². The average molecular weight is 126 g/mol. The van der Waals surface area contributed by atoms with Crippen molar-refractivity contribution >= 4 is 16.5 Å². The number of rotatable bonds is 2. The molecule has 0 saturated heterocycles. The molecule has 0 saturated carbocycles. The molecule has 1 nitrogen and oxygen atoms in total. The summed E-state index contributed by atoms with van der Waals surface area (Å²) >= 11 is 0. The van der Waals surface area contributed by atoms with Gasteiger partial charge in [-0.15, -0.1) is 11.5 Å². The lowest BCUT2D eigenvalue weighted by molar-refractivity contribution is -0.108. The highest BCUT2D eigenvalue weighted by molar-refractivity contribution is 6.22. The Labute approximate surface area is 52.9 Å². The molecule has 0 amide bonds. The molecule has 0 heterocycles. The van der Waals surface area contributed by atoms with Crippen molar-refractivity contribution in [1.29, 1.82) is 0 Å². The van der Waals surface area contributed by atoms with Gasteiger partial charge >= 0.3 is 0 Å². The molecular formula is C6H10OSi. The Balaban J connectivity index is 3.41. The Kier molecular flexibility index (Phi) is 4.28. The molecule has 44 valence electrons. The van der Waals surface area contributed by atoms with Crippen molar-refractivity contribution in [2.45, 2.75) is 13.3 Å². The number of hydrogen-bond acceptors (Lipinski definition) is 1. The van der Waals surface area contributed by atoms with Crippen molar-refractivity contribution in [2.24, 2.45) is 5.92 Å². The third-order valence-corrected chi connectivity index (χ3v) is 1.13. The molecule has 0 bridgehead atoms. The molecule has 0 aliphatic carbocycles. The topological polar surface area (TPSA) is 17.1 Å². The lowest BCUT2D eigenvalue weighted by atomic mass is 10.1. The maximum atomic E-state index is 9.83. The fourth-order valence-corrected chi connectivity index (χ4v) is 0.942. The zero-order valence-electron chi connectivity index (χ0n) is 5.27. The van der Waals surface area contributed by atoms with E-state index in [-0.39, 0.29) is 5.92 Å². The Morgan fingerprint density at radius 3 is 2.88 bits per heavy atom. The van der Waals surface area contributed by atoms with E-state index in [1.807, 2.05) is 6.92 Å². The van der Waals surface area contributed by atoms with E-state index < -0.39 is 0 Å². The average Bonchev–Trinajstić information content (AvgIpc) is 1.68. The highest BCUT2D eigenvalue weighted by Crippen LogP contribution is 1.93. The van der Waals surface area contributed by atoms with Gasteiger partial charge < -0.3 is 4.79 Å². The highest BCUT2D eigenvalue weighted by Gasteiger charge is 1.90. The summed E-state index contributed by atoms with van der Waals surface area (Å²) in [5.74, 6) is 3.20. The zero-order valence-corrected chi connectivity index (χ0v) is 7.27. The number of hydrogen-bond donors (Lipinski definition) is 0. The van der Waals surface area contributed by atoms with E-state index in [2.05, 4.69) is 11.5 Å². The molecule has 8 heavy (non-hydrogen) atoms. The standard InChI is InChI=1S/C6H10OSi/c1-6(2-4-7)3-5-8/h4,6H,2H2,1,8H3. The first kappa shape index (κ1) is 7.45. The summed E-state index contributed by atoms with van der Waals surface area (Å²) in [7, 11) is 0.917. The maximum absolute atomic E-state index is 9.83. The molecule has 0 radical (unpaired) electrons. The van der Waals surface area contributed by atoms with Crippen LogP contribution in [0.1, 0.15) is 13.3 Å². The quantitative estimate of drug-likeness (QED) is 0.278. The van der Waals surface area contributed by atoms with Crippen LogP contribution >= 0.6 is 0 Å². The SMILES string of the molecule is CC(C#C[SiH3])CC=O. The maximum Gasteiger partial charge on any atom is 0.121 e. The van der Waals surface area contributed by atoms with Gasteiger partial charge in [0.05, 0.1) is 10.2 Å². The number of carbonyl (C=O) groups excluding carboxylic acids is 1. The molecule has 0 aromatic carbocycles. The first-order valence-corrected chi connectivity index (χ1v) is 3.67. The van der Waals surface area contributed by atoms with Gasteiger partial charge in [0, 0.05) is 12.3 Å². The largest absolute Gasteiger partial charge is 0.303 e. The fraction of sp³-hybridized carbons (Fsp3) is 0.500. The van der Waals surface area contributed by atoms with Gasteiger partial charge in [-0.1, -0.05) is 6.92 Å². The van der Waals surface area contributed by atoms with Crippen LogP contribution in [-0.2, 0) is 4.79 Å². The van der Waals surface area contributed by atoms with Crippen LogP contribution in [0.3, 0.4) is 0 Å². The van der Waals surface area contributed by atoms with Gasteiger partial charge in [0.25, 0.3) is 0 Å². The van der Waals surface area contributed by atoms with E-state index >= 15 is 0 Å². The summed E-state index contributed by atoms with van der Waals surface area (Å²) in [5, 5.41) is 0. The van der Waals surface area contributed by atoms with Gasteiger partial charge in [-0.25, -0.2) is 0 Å². The minimum atomic E-state index is 0.269. The second kappa shape index (κ2) is 4.60. The van der Waals surface area contributed by atoms with Crippen molar-refractivity contribution in [1.82, 2.24) is 0 Å². The van der Waals surface area contributed by atoms with Gasteiger partial charge in [0.1, 0.15) is 6.29 Å². The molecule has 0 aromatic rings. The Bertz CT molecular complexity index is 120. The van der Waals surface area contributed by atoms with Crippen molar-refractivity contribution < 1.29 is 4.79 Å². The Morgan fingerprint density at radius 1 is 1.88 bits per heavy atom. The van der Waals surface area contributed by atoms with E-state index in [1.54, 1.807) is 0 Å². The van der Waals surface area contributed by atoms with E-state index in [0.717, 1.165) is 16.5 Å². The van der Waals surface area contributed by atoms with E-state index in [0.29, 0.717) is 6.42 Å². The predicted octanol–water partition coefficient (Wildman–Crippen LogP) is -0.462. The van der Waals surface area contributed by atoms with Crippen LogP contribution < -0.4 is 0 Å². The third-order valence-electron chi connectivity index (χ3n) is 0.841. The van der Waals surface area contributed by atoms with Crippen molar-refractivity contribution in [3.05, 3.63) is 0 Å². The van der Waals surface area contributed by atoms with Crippen LogP contribution in [0.5, 0.6) is 0 Å². The number of aldehydes is 1. The Morgan fingerprint density at radius 2 is 2.50 bits per heavy atom. The molecule has 1 atom stereocenters. The van der Waals surface area contributed by atoms with Gasteiger partial charge in [0.2, 0.25) is 0 Å². The summed E-state index contributed by atoms with van der Waals surface area (Å²) in [6.07, 6.45) is 1.49. The van der Waals surface area contributed by atoms with E-state index in [9.17, 15) is 4.79 Å².